The predicted molar refractivity (Wildman–Crippen MR) is 83.2 cm³/mol. The van der Waals surface area contributed by atoms with Gasteiger partial charge >= 0.3 is 0 Å². The van der Waals surface area contributed by atoms with Gasteiger partial charge in [-0.15, -0.1) is 0 Å². The Kier molecular flexibility index (Phi) is 4.50. The Morgan fingerprint density at radius 2 is 1.77 bits per heavy atom. The molecule has 2 aromatic rings. The third kappa shape index (κ3) is 3.26. The van der Waals surface area contributed by atoms with Gasteiger partial charge in [-0.2, -0.15) is 8.42 Å². The van der Waals surface area contributed by atoms with Gasteiger partial charge in [0.2, 0.25) is 5.03 Å². The number of hydrogen-bond donors (Lipinski definition) is 1. The number of aryl methyl sites for hydroxylation is 1. The van der Waals surface area contributed by atoms with Crippen LogP contribution in [-0.4, -0.2) is 32.1 Å². The molecular weight excluding hydrogens is 350 g/mol. The van der Waals surface area contributed by atoms with Crippen LogP contribution in [0.1, 0.15) is 6.92 Å². The van der Waals surface area contributed by atoms with Crippen molar-refractivity contribution in [2.24, 2.45) is 7.05 Å². The molecule has 1 aromatic heterocycles. The fourth-order valence-corrected chi connectivity index (χ4v) is 4.05. The summed E-state index contributed by atoms with van der Waals surface area (Å²) in [5, 5.41) is -0.306. The first kappa shape index (κ1) is 16.8. The Balaban J connectivity index is 2.30. The van der Waals surface area contributed by atoms with Gasteiger partial charge in [-0.3, -0.25) is 4.72 Å². The lowest BCUT2D eigenvalue weighted by Gasteiger charge is -2.07. The van der Waals surface area contributed by atoms with Crippen LogP contribution < -0.4 is 4.72 Å². The summed E-state index contributed by atoms with van der Waals surface area (Å²) in [5.41, 5.74) is 0.219. The summed E-state index contributed by atoms with van der Waals surface area (Å²) in [4.78, 5) is 3.87. The van der Waals surface area contributed by atoms with E-state index in [1.54, 1.807) is 7.05 Å². The number of sulfonamides is 1. The molecule has 2 rings (SSSR count). The zero-order valence-electron chi connectivity index (χ0n) is 11.8. The van der Waals surface area contributed by atoms with E-state index in [2.05, 4.69) is 9.71 Å². The van der Waals surface area contributed by atoms with E-state index in [0.29, 0.717) is 0 Å². The van der Waals surface area contributed by atoms with E-state index in [1.165, 1.54) is 42.1 Å². The largest absolute Gasteiger partial charge is 0.324 e. The molecule has 1 heterocycles. The third-order valence-electron chi connectivity index (χ3n) is 2.93. The van der Waals surface area contributed by atoms with Gasteiger partial charge in [-0.1, -0.05) is 18.5 Å². The molecule has 22 heavy (non-hydrogen) atoms. The average Bonchev–Trinajstić information content (AvgIpc) is 2.80. The van der Waals surface area contributed by atoms with Crippen LogP contribution in [-0.2, 0) is 26.9 Å². The molecule has 0 amide bonds. The molecule has 0 spiro atoms. The van der Waals surface area contributed by atoms with Gasteiger partial charge in [-0.25, -0.2) is 13.4 Å². The smallest absolute Gasteiger partial charge is 0.282 e. The lowest BCUT2D eigenvalue weighted by molar-refractivity contribution is 0.596. The number of imidazole rings is 1. The first-order valence-electron chi connectivity index (χ1n) is 6.20. The molecule has 0 aliphatic carbocycles. The highest BCUT2D eigenvalue weighted by molar-refractivity contribution is 7.92. The average molecular weight is 364 g/mol. The molecule has 10 heteroatoms. The van der Waals surface area contributed by atoms with Gasteiger partial charge in [0.05, 0.1) is 17.0 Å². The van der Waals surface area contributed by atoms with Crippen LogP contribution in [0.2, 0.25) is 5.15 Å². The highest BCUT2D eigenvalue weighted by Crippen LogP contribution is 2.22. The van der Waals surface area contributed by atoms with Crippen molar-refractivity contribution in [3.05, 3.63) is 35.7 Å². The quantitative estimate of drug-likeness (QED) is 0.871. The van der Waals surface area contributed by atoms with Gasteiger partial charge in [0.25, 0.3) is 10.0 Å². The number of nitrogens with one attached hydrogen (secondary N) is 1. The summed E-state index contributed by atoms with van der Waals surface area (Å²) in [5.74, 6) is -0.0262. The molecule has 7 nitrogen and oxygen atoms in total. The lowest BCUT2D eigenvalue weighted by Crippen LogP contribution is -2.14. The van der Waals surface area contributed by atoms with Crippen molar-refractivity contribution in [1.29, 1.82) is 0 Å². The molecule has 0 aliphatic rings. The maximum Gasteiger partial charge on any atom is 0.282 e. The Morgan fingerprint density at radius 1 is 1.18 bits per heavy atom. The monoisotopic (exact) mass is 363 g/mol. The van der Waals surface area contributed by atoms with Crippen molar-refractivity contribution in [1.82, 2.24) is 9.55 Å². The number of anilines is 1. The molecule has 120 valence electrons. The minimum atomic E-state index is -3.94. The van der Waals surface area contributed by atoms with Gasteiger partial charge in [0, 0.05) is 12.7 Å². The summed E-state index contributed by atoms with van der Waals surface area (Å²) in [7, 11) is -5.70. The second-order valence-corrected chi connectivity index (χ2v) is 8.72. The minimum Gasteiger partial charge on any atom is -0.324 e. The summed E-state index contributed by atoms with van der Waals surface area (Å²) in [6.07, 6.45) is 1.29. The number of hydrogen-bond acceptors (Lipinski definition) is 5. The van der Waals surface area contributed by atoms with Crippen LogP contribution in [0, 0.1) is 0 Å². The summed E-state index contributed by atoms with van der Waals surface area (Å²) in [6.45, 7) is 1.54. The van der Waals surface area contributed by atoms with Crippen LogP contribution in [0.25, 0.3) is 0 Å². The molecule has 0 bridgehead atoms. The SMILES string of the molecule is CCS(=O)(=O)c1ccc(NS(=O)(=O)c2ncn(C)c2Cl)cc1. The zero-order chi connectivity index (χ0) is 16.5. The topological polar surface area (TPSA) is 98.1 Å². The number of sulfone groups is 1. The standard InChI is InChI=1S/C12H14ClN3O4S2/c1-3-21(17,18)10-6-4-9(5-7-10)15-22(19,20)12-11(13)16(2)8-14-12/h4-8,15H,3H2,1-2H3. The van der Waals surface area contributed by atoms with Crippen LogP contribution in [0.5, 0.6) is 0 Å². The molecule has 1 N–H and O–H groups in total. The van der Waals surface area contributed by atoms with Crippen molar-refractivity contribution in [2.45, 2.75) is 16.8 Å². The predicted octanol–water partition coefficient (Wildman–Crippen LogP) is 1.67. The Morgan fingerprint density at radius 3 is 2.23 bits per heavy atom. The van der Waals surface area contributed by atoms with Crippen molar-refractivity contribution in [3.8, 4) is 0 Å². The molecule has 0 fully saturated rings. The van der Waals surface area contributed by atoms with Gasteiger partial charge in [-0.05, 0) is 24.3 Å². The van der Waals surface area contributed by atoms with Crippen LogP contribution in [0.15, 0.2) is 40.5 Å². The van der Waals surface area contributed by atoms with E-state index in [9.17, 15) is 16.8 Å². The number of rotatable bonds is 5. The fourth-order valence-electron chi connectivity index (χ4n) is 1.67. The van der Waals surface area contributed by atoms with E-state index in [4.69, 9.17) is 11.6 Å². The van der Waals surface area contributed by atoms with E-state index >= 15 is 0 Å². The molecule has 0 saturated heterocycles. The molecule has 0 unspecified atom stereocenters. The van der Waals surface area contributed by atoms with Crippen molar-refractivity contribution in [3.63, 3.8) is 0 Å². The highest BCUT2D eigenvalue weighted by atomic mass is 35.5. The van der Waals surface area contributed by atoms with E-state index in [1.807, 2.05) is 0 Å². The van der Waals surface area contributed by atoms with Crippen LogP contribution in [0.4, 0.5) is 5.69 Å². The summed E-state index contributed by atoms with van der Waals surface area (Å²) in [6, 6.07) is 5.43. The Bertz CT molecular complexity index is 887. The number of aromatic nitrogens is 2. The zero-order valence-corrected chi connectivity index (χ0v) is 14.2. The maximum absolute atomic E-state index is 12.2. The minimum absolute atomic E-state index is 0.0160. The number of benzene rings is 1. The van der Waals surface area contributed by atoms with E-state index in [0.717, 1.165) is 0 Å². The van der Waals surface area contributed by atoms with Crippen molar-refractivity contribution in [2.75, 3.05) is 10.5 Å². The lowest BCUT2D eigenvalue weighted by atomic mass is 10.3. The Hall–Kier alpha value is -1.58. The molecule has 1 aromatic carbocycles. The van der Waals surface area contributed by atoms with E-state index in [-0.39, 0.29) is 26.5 Å². The van der Waals surface area contributed by atoms with Gasteiger partial charge < -0.3 is 4.57 Å². The Labute approximate surface area is 133 Å². The van der Waals surface area contributed by atoms with E-state index < -0.39 is 19.9 Å². The molecular formula is C12H14ClN3O4S2. The van der Waals surface area contributed by atoms with Crippen molar-refractivity contribution < 1.29 is 16.8 Å². The normalized spacial score (nSPS) is 12.3. The van der Waals surface area contributed by atoms with Crippen molar-refractivity contribution >= 4 is 37.1 Å². The number of halogens is 1. The fraction of sp³-hybridized carbons (Fsp3) is 0.250. The second-order valence-electron chi connectivity index (χ2n) is 4.48. The molecule has 0 saturated carbocycles. The van der Waals surface area contributed by atoms with Gasteiger partial charge in [0.15, 0.2) is 9.84 Å². The summed E-state index contributed by atoms with van der Waals surface area (Å²) >= 11 is 5.87. The first-order valence-corrected chi connectivity index (χ1v) is 9.71. The summed E-state index contributed by atoms with van der Waals surface area (Å²) < 4.78 is 51.4. The molecule has 0 atom stereocenters. The highest BCUT2D eigenvalue weighted by Gasteiger charge is 2.22. The second kappa shape index (κ2) is 5.90. The first-order chi connectivity index (χ1) is 10.2. The van der Waals surface area contributed by atoms with Crippen LogP contribution >= 0.6 is 11.6 Å². The van der Waals surface area contributed by atoms with Gasteiger partial charge in [0.1, 0.15) is 5.15 Å². The molecule has 0 radical (unpaired) electrons. The molecule has 0 aliphatic heterocycles. The third-order valence-corrected chi connectivity index (χ3v) is 6.56. The number of nitrogens with zero attached hydrogens (tertiary/aromatic N) is 2. The maximum atomic E-state index is 12.2. The van der Waals surface area contributed by atoms with Crippen LogP contribution in [0.3, 0.4) is 0 Å².